The molecule has 0 saturated carbocycles. The maximum atomic E-state index is 10.9. The number of ether oxygens (including phenoxy) is 2. The van der Waals surface area contributed by atoms with E-state index in [0.717, 1.165) is 5.75 Å². The number of esters is 1. The first kappa shape index (κ1) is 12.2. The fourth-order valence-corrected chi connectivity index (χ4v) is 1.03. The lowest BCUT2D eigenvalue weighted by molar-refractivity contribution is -0.141. The van der Waals surface area contributed by atoms with E-state index < -0.39 is 0 Å². The van der Waals surface area contributed by atoms with Gasteiger partial charge in [0.25, 0.3) is 0 Å². The van der Waals surface area contributed by atoms with Gasteiger partial charge in [-0.25, -0.2) is 4.79 Å². The summed E-state index contributed by atoms with van der Waals surface area (Å²) in [6.07, 6.45) is 0. The minimum absolute atomic E-state index is 0.0557. The van der Waals surface area contributed by atoms with Crippen LogP contribution >= 0.6 is 0 Å². The quantitative estimate of drug-likeness (QED) is 0.567. The minimum atomic E-state index is -0.375. The summed E-state index contributed by atoms with van der Waals surface area (Å²) in [6.45, 7) is 2.05. The van der Waals surface area contributed by atoms with E-state index >= 15 is 0 Å². The molecule has 0 atom stereocenters. The van der Waals surface area contributed by atoms with Crippen LogP contribution in [0.4, 0.5) is 5.69 Å². The van der Waals surface area contributed by atoms with E-state index in [1.165, 1.54) is 0 Å². The molecule has 0 fully saturated rings. The molecular weight excluding hydrogens is 208 g/mol. The van der Waals surface area contributed by atoms with Crippen LogP contribution in [-0.2, 0) is 9.53 Å². The number of methoxy groups -OCH3 is 1. The van der Waals surface area contributed by atoms with E-state index in [-0.39, 0.29) is 12.5 Å². The van der Waals surface area contributed by atoms with Crippen LogP contribution in [0.25, 0.3) is 0 Å². The van der Waals surface area contributed by atoms with Crippen molar-refractivity contribution in [2.75, 3.05) is 20.3 Å². The first-order chi connectivity index (χ1) is 7.76. The molecule has 5 heteroatoms. The number of hydrogen-bond acceptors (Lipinski definition) is 5. The van der Waals surface area contributed by atoms with Crippen LogP contribution < -0.4 is 4.74 Å². The van der Waals surface area contributed by atoms with E-state index in [0.29, 0.717) is 12.3 Å². The summed E-state index contributed by atoms with van der Waals surface area (Å²) in [5, 5.41) is 7.60. The average molecular weight is 222 g/mol. The van der Waals surface area contributed by atoms with Crippen molar-refractivity contribution in [3.8, 4) is 5.75 Å². The lowest BCUT2D eigenvalue weighted by atomic mass is 10.3. The number of nitrogens with zero attached hydrogens (tertiary/aromatic N) is 2. The lowest BCUT2D eigenvalue weighted by Gasteiger charge is -1.98. The minimum Gasteiger partial charge on any atom is -0.497 e. The van der Waals surface area contributed by atoms with Crippen molar-refractivity contribution in [2.45, 2.75) is 6.92 Å². The summed E-state index contributed by atoms with van der Waals surface area (Å²) in [7, 11) is 1.59. The third-order valence-electron chi connectivity index (χ3n) is 1.76. The van der Waals surface area contributed by atoms with Gasteiger partial charge in [0, 0.05) is 0 Å². The van der Waals surface area contributed by atoms with Gasteiger partial charge in [0.15, 0.2) is 6.54 Å². The van der Waals surface area contributed by atoms with Crippen molar-refractivity contribution in [3.05, 3.63) is 24.3 Å². The Kier molecular flexibility index (Phi) is 4.98. The predicted octanol–water partition coefficient (Wildman–Crippen LogP) is 2.34. The molecule has 0 heterocycles. The Hall–Kier alpha value is -1.91. The van der Waals surface area contributed by atoms with Gasteiger partial charge in [-0.1, -0.05) is 0 Å². The molecule has 1 aromatic carbocycles. The maximum Gasteiger partial charge on any atom is 0.329 e. The standard InChI is InChI=1S/C11H14N2O3/c1-3-16-11(14)8-12-13-9-4-6-10(15-2)7-5-9/h4-7H,3,8H2,1-2H3. The number of benzene rings is 1. The van der Waals surface area contributed by atoms with E-state index in [1.807, 2.05) is 0 Å². The molecule has 86 valence electrons. The predicted molar refractivity (Wildman–Crippen MR) is 59.0 cm³/mol. The fourth-order valence-electron chi connectivity index (χ4n) is 1.03. The van der Waals surface area contributed by atoms with Gasteiger partial charge in [0.2, 0.25) is 0 Å². The van der Waals surface area contributed by atoms with Crippen LogP contribution in [0.2, 0.25) is 0 Å². The van der Waals surface area contributed by atoms with Crippen LogP contribution in [0.5, 0.6) is 5.75 Å². The summed E-state index contributed by atoms with van der Waals surface area (Å²) in [4.78, 5) is 10.9. The Morgan fingerprint density at radius 2 is 2.00 bits per heavy atom. The summed E-state index contributed by atoms with van der Waals surface area (Å²) in [6, 6.07) is 7.07. The second-order valence-electron chi connectivity index (χ2n) is 2.90. The highest BCUT2D eigenvalue weighted by Crippen LogP contribution is 2.17. The Labute approximate surface area is 94.1 Å². The Balaban J connectivity index is 2.46. The summed E-state index contributed by atoms with van der Waals surface area (Å²) < 4.78 is 9.70. The van der Waals surface area contributed by atoms with Crippen LogP contribution in [0.1, 0.15) is 6.92 Å². The third kappa shape index (κ3) is 4.08. The number of hydrogen-bond donors (Lipinski definition) is 0. The molecule has 1 aromatic rings. The SMILES string of the molecule is CCOC(=O)CN=Nc1ccc(OC)cc1. The molecule has 0 aliphatic carbocycles. The fraction of sp³-hybridized carbons (Fsp3) is 0.364. The normalized spacial score (nSPS) is 10.4. The van der Waals surface area contributed by atoms with Gasteiger partial charge < -0.3 is 9.47 Å². The molecule has 0 saturated heterocycles. The van der Waals surface area contributed by atoms with Gasteiger partial charge in [-0.2, -0.15) is 10.2 Å². The molecule has 0 N–H and O–H groups in total. The van der Waals surface area contributed by atoms with E-state index in [1.54, 1.807) is 38.3 Å². The Bertz CT molecular complexity index is 360. The van der Waals surface area contributed by atoms with E-state index in [2.05, 4.69) is 10.2 Å². The molecule has 0 radical (unpaired) electrons. The summed E-state index contributed by atoms with van der Waals surface area (Å²) >= 11 is 0. The van der Waals surface area contributed by atoms with Crippen molar-refractivity contribution in [1.29, 1.82) is 0 Å². The smallest absolute Gasteiger partial charge is 0.329 e. The maximum absolute atomic E-state index is 10.9. The van der Waals surface area contributed by atoms with Crippen LogP contribution in [0, 0.1) is 0 Å². The highest BCUT2D eigenvalue weighted by atomic mass is 16.5. The molecule has 0 unspecified atom stereocenters. The number of rotatable bonds is 5. The highest BCUT2D eigenvalue weighted by Gasteiger charge is 1.98. The molecule has 0 aromatic heterocycles. The van der Waals surface area contributed by atoms with Gasteiger partial charge in [0.1, 0.15) is 5.75 Å². The molecular formula is C11H14N2O3. The topological polar surface area (TPSA) is 60.2 Å². The van der Waals surface area contributed by atoms with Gasteiger partial charge in [0.05, 0.1) is 19.4 Å². The second kappa shape index (κ2) is 6.55. The molecule has 1 rings (SSSR count). The summed E-state index contributed by atoms with van der Waals surface area (Å²) in [5.41, 5.74) is 0.671. The van der Waals surface area contributed by atoms with Crippen molar-refractivity contribution in [1.82, 2.24) is 0 Å². The van der Waals surface area contributed by atoms with Crippen molar-refractivity contribution >= 4 is 11.7 Å². The van der Waals surface area contributed by atoms with Crippen LogP contribution in [0.15, 0.2) is 34.5 Å². The highest BCUT2D eigenvalue weighted by molar-refractivity contribution is 5.71. The van der Waals surface area contributed by atoms with Gasteiger partial charge in [-0.3, -0.25) is 0 Å². The molecule has 16 heavy (non-hydrogen) atoms. The van der Waals surface area contributed by atoms with E-state index in [9.17, 15) is 4.79 Å². The molecule has 5 nitrogen and oxygen atoms in total. The van der Waals surface area contributed by atoms with Crippen molar-refractivity contribution < 1.29 is 14.3 Å². The second-order valence-corrected chi connectivity index (χ2v) is 2.90. The van der Waals surface area contributed by atoms with E-state index in [4.69, 9.17) is 9.47 Å². The van der Waals surface area contributed by atoms with Gasteiger partial charge >= 0.3 is 5.97 Å². The summed E-state index contributed by atoms with van der Waals surface area (Å²) in [5.74, 6) is 0.379. The molecule has 0 bridgehead atoms. The monoisotopic (exact) mass is 222 g/mol. The molecule has 0 amide bonds. The number of carbonyl (C=O) groups is 1. The number of carbonyl (C=O) groups excluding carboxylic acids is 1. The van der Waals surface area contributed by atoms with Crippen molar-refractivity contribution in [2.24, 2.45) is 10.2 Å². The number of azo groups is 1. The zero-order valence-electron chi connectivity index (χ0n) is 9.34. The Morgan fingerprint density at radius 1 is 1.31 bits per heavy atom. The first-order valence-corrected chi connectivity index (χ1v) is 4.93. The van der Waals surface area contributed by atoms with Crippen LogP contribution in [-0.4, -0.2) is 26.2 Å². The molecule has 0 aliphatic rings. The zero-order chi connectivity index (χ0) is 11.8. The molecule has 0 spiro atoms. The van der Waals surface area contributed by atoms with Crippen LogP contribution in [0.3, 0.4) is 0 Å². The van der Waals surface area contributed by atoms with Crippen molar-refractivity contribution in [3.63, 3.8) is 0 Å². The Morgan fingerprint density at radius 3 is 2.56 bits per heavy atom. The largest absolute Gasteiger partial charge is 0.497 e. The zero-order valence-corrected chi connectivity index (χ0v) is 9.34. The average Bonchev–Trinajstić information content (AvgIpc) is 2.30. The van der Waals surface area contributed by atoms with Gasteiger partial charge in [-0.05, 0) is 31.2 Å². The lowest BCUT2D eigenvalue weighted by Crippen LogP contribution is -2.06. The third-order valence-corrected chi connectivity index (χ3v) is 1.76. The van der Waals surface area contributed by atoms with Gasteiger partial charge in [-0.15, -0.1) is 0 Å². The first-order valence-electron chi connectivity index (χ1n) is 4.93. The molecule has 0 aliphatic heterocycles.